The van der Waals surface area contributed by atoms with Gasteiger partial charge in [-0.2, -0.15) is 0 Å². The van der Waals surface area contributed by atoms with Crippen molar-refractivity contribution in [1.82, 2.24) is 9.55 Å². The van der Waals surface area contributed by atoms with Crippen molar-refractivity contribution in [3.8, 4) is 0 Å². The zero-order valence-corrected chi connectivity index (χ0v) is 12.9. The number of carbonyl (C=O) groups is 1. The molecule has 0 radical (unpaired) electrons. The summed E-state index contributed by atoms with van der Waals surface area (Å²) >= 11 is 6.04. The van der Waals surface area contributed by atoms with Crippen LogP contribution < -0.4 is 0 Å². The van der Waals surface area contributed by atoms with Crippen LogP contribution in [-0.2, 0) is 11.3 Å². The van der Waals surface area contributed by atoms with Crippen LogP contribution in [0.3, 0.4) is 0 Å². The summed E-state index contributed by atoms with van der Waals surface area (Å²) in [4.78, 5) is 16.5. The van der Waals surface area contributed by atoms with Crippen LogP contribution in [0.25, 0.3) is 11.0 Å². The number of rotatable bonds is 4. The van der Waals surface area contributed by atoms with E-state index in [-0.39, 0.29) is 5.97 Å². The second-order valence-electron chi connectivity index (χ2n) is 4.87. The Kier molecular flexibility index (Phi) is 4.11. The first kappa shape index (κ1) is 14.6. The Balaban J connectivity index is 2.09. The molecule has 2 aromatic heterocycles. The second kappa shape index (κ2) is 6.20. The molecule has 4 nitrogen and oxygen atoms in total. The normalized spacial score (nSPS) is 10.8. The number of esters is 1. The van der Waals surface area contributed by atoms with Gasteiger partial charge in [0.15, 0.2) is 0 Å². The summed E-state index contributed by atoms with van der Waals surface area (Å²) in [5, 5.41) is 0.671. The Bertz CT molecular complexity index is 826. The van der Waals surface area contributed by atoms with E-state index in [1.165, 1.54) is 0 Å². The number of halogens is 1. The van der Waals surface area contributed by atoms with E-state index in [0.717, 1.165) is 16.6 Å². The number of fused-ring (bicyclic) bond motifs is 1. The number of nitrogens with zero attached hydrogens (tertiary/aromatic N) is 2. The molecular formula is C17H15ClN2O2. The van der Waals surface area contributed by atoms with Crippen LogP contribution in [0.5, 0.6) is 0 Å². The summed E-state index contributed by atoms with van der Waals surface area (Å²) in [5.74, 6) is -0.345. The van der Waals surface area contributed by atoms with Crippen molar-refractivity contribution in [3.63, 3.8) is 0 Å². The number of carbonyl (C=O) groups excluding carboxylic acids is 1. The van der Waals surface area contributed by atoms with Gasteiger partial charge < -0.3 is 9.30 Å². The Labute approximate surface area is 133 Å². The van der Waals surface area contributed by atoms with Gasteiger partial charge in [0.25, 0.3) is 0 Å². The molecule has 0 N–H and O–H groups in total. The van der Waals surface area contributed by atoms with Crippen molar-refractivity contribution in [2.24, 2.45) is 0 Å². The summed E-state index contributed by atoms with van der Waals surface area (Å²) in [5.41, 5.74) is 3.17. The predicted octanol–water partition coefficient (Wildman–Crippen LogP) is 3.91. The van der Waals surface area contributed by atoms with Gasteiger partial charge >= 0.3 is 5.97 Å². The fourth-order valence-electron chi connectivity index (χ4n) is 2.45. The lowest BCUT2D eigenvalue weighted by Gasteiger charge is -2.10. The molecule has 3 rings (SSSR count). The summed E-state index contributed by atoms with van der Waals surface area (Å²) in [6.45, 7) is 2.66. The molecule has 0 atom stereocenters. The maximum Gasteiger partial charge on any atom is 0.355 e. The molecule has 0 saturated carbocycles. The first-order valence-electron chi connectivity index (χ1n) is 7.05. The summed E-state index contributed by atoms with van der Waals surface area (Å²) in [6, 6.07) is 13.1. The van der Waals surface area contributed by atoms with Crippen molar-refractivity contribution >= 4 is 28.6 Å². The molecule has 0 bridgehead atoms. The van der Waals surface area contributed by atoms with Crippen LogP contribution in [-0.4, -0.2) is 22.1 Å². The molecule has 22 heavy (non-hydrogen) atoms. The van der Waals surface area contributed by atoms with Crippen LogP contribution >= 0.6 is 11.6 Å². The summed E-state index contributed by atoms with van der Waals surface area (Å²) in [6.07, 6.45) is 1.71. The largest absolute Gasteiger partial charge is 0.461 e. The number of aromatic nitrogens is 2. The third kappa shape index (κ3) is 2.83. The highest BCUT2D eigenvalue weighted by molar-refractivity contribution is 6.30. The number of pyridine rings is 1. The lowest BCUT2D eigenvalue weighted by atomic mass is 10.2. The van der Waals surface area contributed by atoms with E-state index in [1.807, 2.05) is 41.0 Å². The lowest BCUT2D eigenvalue weighted by Crippen LogP contribution is -2.12. The van der Waals surface area contributed by atoms with E-state index in [9.17, 15) is 4.79 Å². The molecule has 0 amide bonds. The fourth-order valence-corrected chi connectivity index (χ4v) is 2.66. The highest BCUT2D eigenvalue weighted by atomic mass is 35.5. The molecule has 0 unspecified atom stereocenters. The van der Waals surface area contributed by atoms with Crippen molar-refractivity contribution < 1.29 is 9.53 Å². The molecule has 5 heteroatoms. The zero-order chi connectivity index (χ0) is 15.5. The van der Waals surface area contributed by atoms with Crippen LogP contribution in [0, 0.1) is 0 Å². The Morgan fingerprint density at radius 1 is 1.27 bits per heavy atom. The topological polar surface area (TPSA) is 44.1 Å². The minimum Gasteiger partial charge on any atom is -0.461 e. The molecule has 0 aliphatic rings. The van der Waals surface area contributed by atoms with E-state index < -0.39 is 0 Å². The molecular weight excluding hydrogens is 300 g/mol. The van der Waals surface area contributed by atoms with Crippen LogP contribution in [0.15, 0.2) is 48.7 Å². The van der Waals surface area contributed by atoms with Gasteiger partial charge in [-0.15, -0.1) is 0 Å². The van der Waals surface area contributed by atoms with Gasteiger partial charge in [-0.3, -0.25) is 4.98 Å². The Morgan fingerprint density at radius 2 is 2.14 bits per heavy atom. The van der Waals surface area contributed by atoms with E-state index in [2.05, 4.69) is 4.98 Å². The van der Waals surface area contributed by atoms with Gasteiger partial charge in [0.1, 0.15) is 5.69 Å². The number of hydrogen-bond acceptors (Lipinski definition) is 3. The van der Waals surface area contributed by atoms with Crippen LogP contribution in [0.1, 0.15) is 23.0 Å². The van der Waals surface area contributed by atoms with Crippen LogP contribution in [0.2, 0.25) is 5.02 Å². The van der Waals surface area contributed by atoms with E-state index in [4.69, 9.17) is 16.3 Å². The van der Waals surface area contributed by atoms with E-state index in [0.29, 0.717) is 23.9 Å². The van der Waals surface area contributed by atoms with Gasteiger partial charge in [-0.25, -0.2) is 4.79 Å². The molecule has 0 spiro atoms. The summed E-state index contributed by atoms with van der Waals surface area (Å²) in [7, 11) is 0. The molecule has 112 valence electrons. The first-order chi connectivity index (χ1) is 10.7. The third-order valence-corrected chi connectivity index (χ3v) is 3.62. The third-order valence-electron chi connectivity index (χ3n) is 3.39. The second-order valence-corrected chi connectivity index (χ2v) is 5.31. The lowest BCUT2D eigenvalue weighted by molar-refractivity contribution is 0.0515. The highest BCUT2D eigenvalue weighted by Crippen LogP contribution is 2.21. The molecule has 3 aromatic rings. The smallest absolute Gasteiger partial charge is 0.355 e. The Morgan fingerprint density at radius 3 is 2.91 bits per heavy atom. The maximum atomic E-state index is 12.2. The van der Waals surface area contributed by atoms with Gasteiger partial charge in [0.05, 0.1) is 17.6 Å². The van der Waals surface area contributed by atoms with Gasteiger partial charge in [-0.1, -0.05) is 23.7 Å². The monoisotopic (exact) mass is 314 g/mol. The van der Waals surface area contributed by atoms with Gasteiger partial charge in [-0.05, 0) is 42.8 Å². The first-order valence-corrected chi connectivity index (χ1v) is 7.42. The van der Waals surface area contributed by atoms with Gasteiger partial charge in [0.2, 0.25) is 0 Å². The Hall–Kier alpha value is -2.33. The molecule has 0 aliphatic carbocycles. The molecule has 1 aromatic carbocycles. The molecule has 2 heterocycles. The molecule has 0 aliphatic heterocycles. The minimum absolute atomic E-state index is 0.338. The zero-order valence-electron chi connectivity index (χ0n) is 12.1. The highest BCUT2D eigenvalue weighted by Gasteiger charge is 2.17. The van der Waals surface area contributed by atoms with Gasteiger partial charge in [0, 0.05) is 17.8 Å². The molecule has 0 fully saturated rings. The number of hydrogen-bond donors (Lipinski definition) is 0. The van der Waals surface area contributed by atoms with Crippen molar-refractivity contribution in [1.29, 1.82) is 0 Å². The minimum atomic E-state index is -0.345. The van der Waals surface area contributed by atoms with E-state index in [1.54, 1.807) is 19.2 Å². The molecule has 0 saturated heterocycles. The fraction of sp³-hybridized carbons (Fsp3) is 0.176. The average molecular weight is 315 g/mol. The number of ether oxygens (including phenoxy) is 1. The van der Waals surface area contributed by atoms with Crippen molar-refractivity contribution in [2.45, 2.75) is 13.5 Å². The average Bonchev–Trinajstić information content (AvgIpc) is 2.87. The van der Waals surface area contributed by atoms with Crippen LogP contribution in [0.4, 0.5) is 0 Å². The van der Waals surface area contributed by atoms with Crippen molar-refractivity contribution in [3.05, 3.63) is 64.9 Å². The standard InChI is InChI=1S/C17H15ClN2O2/c1-2-22-17(21)16-10-14-15(7-4-8-19-14)20(16)11-12-5-3-6-13(18)9-12/h3-10H,2,11H2,1H3. The SMILES string of the molecule is CCOC(=O)c1cc2ncccc2n1Cc1cccc(Cl)c1. The maximum absolute atomic E-state index is 12.2. The quantitative estimate of drug-likeness (QED) is 0.686. The van der Waals surface area contributed by atoms with Crippen molar-refractivity contribution in [2.75, 3.05) is 6.61 Å². The number of benzene rings is 1. The van der Waals surface area contributed by atoms with E-state index >= 15 is 0 Å². The predicted molar refractivity (Wildman–Crippen MR) is 86.2 cm³/mol. The summed E-state index contributed by atoms with van der Waals surface area (Å²) < 4.78 is 7.05.